The Balaban J connectivity index is 3.18. The van der Waals surface area contributed by atoms with Gasteiger partial charge in [0.25, 0.3) is 0 Å². The summed E-state index contributed by atoms with van der Waals surface area (Å²) in [5.74, 6) is 0.934. The molecule has 2 heteroatoms. The van der Waals surface area contributed by atoms with Crippen molar-refractivity contribution in [2.24, 2.45) is 11.1 Å². The van der Waals surface area contributed by atoms with Crippen molar-refractivity contribution in [2.45, 2.75) is 72.3 Å². The van der Waals surface area contributed by atoms with Gasteiger partial charge in [-0.1, -0.05) is 46.8 Å². The zero-order valence-corrected chi connectivity index (χ0v) is 15.1. The number of methoxy groups -OCH3 is 1. The average Bonchev–Trinajstić information content (AvgIpc) is 2.23. The number of hydrogen-bond donors (Lipinski definition) is 1. The van der Waals surface area contributed by atoms with Gasteiger partial charge >= 0.3 is 0 Å². The summed E-state index contributed by atoms with van der Waals surface area (Å²) < 4.78 is 5.50. The predicted molar refractivity (Wildman–Crippen MR) is 92.1 cm³/mol. The van der Waals surface area contributed by atoms with Crippen LogP contribution in [-0.2, 0) is 11.8 Å². The smallest absolute Gasteiger partial charge is 0.122 e. The van der Waals surface area contributed by atoms with Gasteiger partial charge in [0.15, 0.2) is 0 Å². The maximum absolute atomic E-state index is 6.20. The molecule has 1 aromatic rings. The number of rotatable bonds is 5. The summed E-state index contributed by atoms with van der Waals surface area (Å²) in [6.07, 6.45) is 1.95. The third-order valence-corrected chi connectivity index (χ3v) is 3.68. The van der Waals surface area contributed by atoms with Crippen LogP contribution < -0.4 is 10.5 Å². The molecule has 0 bridgehead atoms. The van der Waals surface area contributed by atoms with Gasteiger partial charge in [-0.25, -0.2) is 0 Å². The second-order valence-corrected chi connectivity index (χ2v) is 8.81. The quantitative estimate of drug-likeness (QED) is 0.854. The van der Waals surface area contributed by atoms with E-state index >= 15 is 0 Å². The molecular formula is C19H33NO. The van der Waals surface area contributed by atoms with Gasteiger partial charge in [0.2, 0.25) is 0 Å². The molecule has 0 unspecified atom stereocenters. The van der Waals surface area contributed by atoms with Crippen molar-refractivity contribution in [1.29, 1.82) is 0 Å². The van der Waals surface area contributed by atoms with E-state index < -0.39 is 0 Å². The molecule has 0 spiro atoms. The van der Waals surface area contributed by atoms with Gasteiger partial charge in [-0.05, 0) is 54.7 Å². The molecule has 0 atom stereocenters. The van der Waals surface area contributed by atoms with Gasteiger partial charge in [-0.15, -0.1) is 0 Å². The van der Waals surface area contributed by atoms with Crippen LogP contribution in [-0.4, -0.2) is 12.6 Å². The summed E-state index contributed by atoms with van der Waals surface area (Å²) in [6, 6.07) is 6.55. The summed E-state index contributed by atoms with van der Waals surface area (Å²) in [6.45, 7) is 15.6. The van der Waals surface area contributed by atoms with Gasteiger partial charge in [-0.3, -0.25) is 0 Å². The first-order valence-corrected chi connectivity index (χ1v) is 7.80. The van der Waals surface area contributed by atoms with E-state index in [0.717, 1.165) is 18.6 Å². The Morgan fingerprint density at radius 2 is 1.57 bits per heavy atom. The Labute approximate surface area is 131 Å². The first-order chi connectivity index (χ1) is 9.34. The first kappa shape index (κ1) is 18.0. The average molecular weight is 291 g/mol. The van der Waals surface area contributed by atoms with Crippen molar-refractivity contribution in [1.82, 2.24) is 0 Å². The van der Waals surface area contributed by atoms with Crippen LogP contribution in [0.25, 0.3) is 0 Å². The fourth-order valence-corrected chi connectivity index (χ4v) is 3.26. The molecule has 21 heavy (non-hydrogen) atoms. The summed E-state index contributed by atoms with van der Waals surface area (Å²) in [4.78, 5) is 0. The lowest BCUT2D eigenvalue weighted by Gasteiger charge is -2.33. The lowest BCUT2D eigenvalue weighted by molar-refractivity contribution is 0.283. The van der Waals surface area contributed by atoms with E-state index in [1.807, 2.05) is 0 Å². The first-order valence-electron chi connectivity index (χ1n) is 7.80. The van der Waals surface area contributed by atoms with E-state index in [1.54, 1.807) is 7.11 Å². The van der Waals surface area contributed by atoms with Crippen molar-refractivity contribution < 1.29 is 4.74 Å². The predicted octanol–water partition coefficient (Wildman–Crippen LogP) is 4.69. The van der Waals surface area contributed by atoms with Crippen molar-refractivity contribution >= 4 is 0 Å². The molecule has 0 aliphatic heterocycles. The monoisotopic (exact) mass is 291 g/mol. The molecule has 1 rings (SSSR count). The van der Waals surface area contributed by atoms with Gasteiger partial charge in [0.05, 0.1) is 7.11 Å². The Bertz CT molecular complexity index is 475. The van der Waals surface area contributed by atoms with Crippen LogP contribution in [0, 0.1) is 5.41 Å². The minimum absolute atomic E-state index is 0.137. The number of benzene rings is 1. The highest BCUT2D eigenvalue weighted by molar-refractivity contribution is 5.41. The second-order valence-electron chi connectivity index (χ2n) is 8.81. The lowest BCUT2D eigenvalue weighted by atomic mass is 9.72. The molecule has 0 fully saturated rings. The van der Waals surface area contributed by atoms with Crippen LogP contribution in [0.5, 0.6) is 5.75 Å². The van der Waals surface area contributed by atoms with Crippen LogP contribution in [0.1, 0.15) is 66.0 Å². The van der Waals surface area contributed by atoms with Crippen molar-refractivity contribution in [3.05, 3.63) is 29.3 Å². The topological polar surface area (TPSA) is 35.2 Å². The number of nitrogens with two attached hydrogens (primary N) is 1. The summed E-state index contributed by atoms with van der Waals surface area (Å²) in [7, 11) is 1.72. The minimum atomic E-state index is -0.236. The molecule has 2 nitrogen and oxygen atoms in total. The Morgan fingerprint density at radius 1 is 1.00 bits per heavy atom. The third kappa shape index (κ3) is 5.70. The Hall–Kier alpha value is -1.02. The Morgan fingerprint density at radius 3 is 2.00 bits per heavy atom. The molecule has 0 radical (unpaired) electrons. The highest BCUT2D eigenvalue weighted by atomic mass is 16.5. The van der Waals surface area contributed by atoms with Crippen molar-refractivity contribution in [3.8, 4) is 5.75 Å². The second kappa shape index (κ2) is 6.00. The van der Waals surface area contributed by atoms with Crippen molar-refractivity contribution in [2.75, 3.05) is 7.11 Å². The molecule has 1 aromatic carbocycles. The van der Waals surface area contributed by atoms with Gasteiger partial charge in [0.1, 0.15) is 5.75 Å². The van der Waals surface area contributed by atoms with E-state index in [2.05, 4.69) is 66.7 Å². The maximum atomic E-state index is 6.20. The van der Waals surface area contributed by atoms with Crippen molar-refractivity contribution in [3.63, 3.8) is 0 Å². The molecule has 0 amide bonds. The Kier molecular flexibility index (Phi) is 5.15. The highest BCUT2D eigenvalue weighted by Crippen LogP contribution is 2.38. The van der Waals surface area contributed by atoms with Gasteiger partial charge in [0, 0.05) is 5.54 Å². The maximum Gasteiger partial charge on any atom is 0.122 e. The van der Waals surface area contributed by atoms with Crippen LogP contribution in [0.15, 0.2) is 18.2 Å². The molecule has 0 saturated carbocycles. The van der Waals surface area contributed by atoms with Crippen LogP contribution in [0.4, 0.5) is 0 Å². The van der Waals surface area contributed by atoms with E-state index in [9.17, 15) is 0 Å². The largest absolute Gasteiger partial charge is 0.496 e. The molecule has 0 saturated heterocycles. The summed E-state index contributed by atoms with van der Waals surface area (Å²) in [5.41, 5.74) is 8.96. The highest BCUT2D eigenvalue weighted by Gasteiger charge is 2.28. The zero-order valence-electron chi connectivity index (χ0n) is 15.1. The number of hydrogen-bond acceptors (Lipinski definition) is 2. The van der Waals surface area contributed by atoms with Gasteiger partial charge < -0.3 is 10.5 Å². The van der Waals surface area contributed by atoms with Gasteiger partial charge in [-0.2, -0.15) is 0 Å². The zero-order chi connectivity index (χ0) is 16.5. The van der Waals surface area contributed by atoms with E-state index in [1.165, 1.54) is 11.1 Å². The molecular weight excluding hydrogens is 258 g/mol. The molecule has 0 aliphatic rings. The fraction of sp³-hybridized carbons (Fsp3) is 0.684. The normalized spacial score (nSPS) is 13.4. The SMILES string of the molecule is COc1ccc(C(C)(C)CC(C)(C)C)cc1CC(C)(C)N. The van der Waals surface area contributed by atoms with E-state index in [0.29, 0.717) is 5.41 Å². The third-order valence-electron chi connectivity index (χ3n) is 3.68. The molecule has 0 aromatic heterocycles. The van der Waals surface area contributed by atoms with E-state index in [-0.39, 0.29) is 11.0 Å². The molecule has 0 aliphatic carbocycles. The molecule has 0 heterocycles. The summed E-state index contributed by atoms with van der Waals surface area (Å²) >= 11 is 0. The molecule has 2 N–H and O–H groups in total. The fourth-order valence-electron chi connectivity index (χ4n) is 3.26. The van der Waals surface area contributed by atoms with Crippen LogP contribution in [0.2, 0.25) is 0 Å². The minimum Gasteiger partial charge on any atom is -0.496 e. The van der Waals surface area contributed by atoms with E-state index in [4.69, 9.17) is 10.5 Å². The standard InChI is InChI=1S/C19H33NO/c1-17(2,3)13-18(4,5)15-9-10-16(21-8)14(11-15)12-19(6,7)20/h9-11H,12-13,20H2,1-8H3. The summed E-state index contributed by atoms with van der Waals surface area (Å²) in [5, 5.41) is 0. The van der Waals surface area contributed by atoms with Crippen LogP contribution >= 0.6 is 0 Å². The number of ether oxygens (including phenoxy) is 1. The van der Waals surface area contributed by atoms with Crippen LogP contribution in [0.3, 0.4) is 0 Å². The molecule has 120 valence electrons. The lowest BCUT2D eigenvalue weighted by Crippen LogP contribution is -2.34.